The van der Waals surface area contributed by atoms with Crippen molar-refractivity contribution in [1.82, 2.24) is 15.3 Å². The molecule has 0 spiro atoms. The number of terminal acetylenes is 1. The Morgan fingerprint density at radius 1 is 1.83 bits per heavy atom. The molecule has 0 saturated carbocycles. The van der Waals surface area contributed by atoms with Crippen LogP contribution in [0.25, 0.3) is 0 Å². The number of hydrogen-bond donors (Lipinski definition) is 2. The summed E-state index contributed by atoms with van der Waals surface area (Å²) in [4.78, 5) is 7.21. The number of nitrogens with one attached hydrogen (secondary N) is 2. The SMILES string of the molecule is C#CCCC(NC)c1ncc[nH]1. The Kier molecular flexibility index (Phi) is 3.36. The van der Waals surface area contributed by atoms with E-state index in [0.717, 1.165) is 18.7 Å². The molecule has 64 valence electrons. The number of H-pyrrole nitrogens is 1. The first kappa shape index (κ1) is 8.82. The zero-order valence-corrected chi connectivity index (χ0v) is 7.17. The molecule has 1 aromatic heterocycles. The highest BCUT2D eigenvalue weighted by Crippen LogP contribution is 2.12. The van der Waals surface area contributed by atoms with Crippen molar-refractivity contribution >= 4 is 0 Å². The first-order valence-electron chi connectivity index (χ1n) is 3.98. The Morgan fingerprint density at radius 2 is 2.67 bits per heavy atom. The van der Waals surface area contributed by atoms with Gasteiger partial charge < -0.3 is 10.3 Å². The number of rotatable bonds is 4. The van der Waals surface area contributed by atoms with Crippen molar-refractivity contribution in [1.29, 1.82) is 0 Å². The van der Waals surface area contributed by atoms with Gasteiger partial charge in [-0.25, -0.2) is 4.98 Å². The first-order valence-corrected chi connectivity index (χ1v) is 3.98. The van der Waals surface area contributed by atoms with Gasteiger partial charge in [0.05, 0.1) is 6.04 Å². The van der Waals surface area contributed by atoms with Crippen molar-refractivity contribution in [3.05, 3.63) is 18.2 Å². The second-order valence-corrected chi connectivity index (χ2v) is 2.56. The molecule has 1 rings (SSSR count). The van der Waals surface area contributed by atoms with Gasteiger partial charge in [0.25, 0.3) is 0 Å². The highest BCUT2D eigenvalue weighted by Gasteiger charge is 2.09. The van der Waals surface area contributed by atoms with Gasteiger partial charge in [-0.15, -0.1) is 12.3 Å². The van der Waals surface area contributed by atoms with Crippen molar-refractivity contribution in [3.8, 4) is 12.3 Å². The minimum Gasteiger partial charge on any atom is -0.347 e. The third-order valence-electron chi connectivity index (χ3n) is 1.78. The molecule has 0 saturated heterocycles. The fraction of sp³-hybridized carbons (Fsp3) is 0.444. The molecule has 3 heteroatoms. The van der Waals surface area contributed by atoms with Gasteiger partial charge in [0.15, 0.2) is 0 Å². The van der Waals surface area contributed by atoms with Gasteiger partial charge in [-0.05, 0) is 13.5 Å². The van der Waals surface area contributed by atoms with E-state index in [1.54, 1.807) is 6.20 Å². The van der Waals surface area contributed by atoms with E-state index in [0.29, 0.717) is 0 Å². The zero-order chi connectivity index (χ0) is 8.81. The molecular formula is C9H13N3. The Morgan fingerprint density at radius 3 is 3.17 bits per heavy atom. The van der Waals surface area contributed by atoms with Gasteiger partial charge in [0.1, 0.15) is 5.82 Å². The Bertz CT molecular complexity index is 245. The normalized spacial score (nSPS) is 12.3. The highest BCUT2D eigenvalue weighted by molar-refractivity contribution is 4.97. The minimum atomic E-state index is 0.246. The van der Waals surface area contributed by atoms with Gasteiger partial charge in [-0.3, -0.25) is 0 Å². The summed E-state index contributed by atoms with van der Waals surface area (Å²) >= 11 is 0. The van der Waals surface area contributed by atoms with E-state index < -0.39 is 0 Å². The Balaban J connectivity index is 2.52. The summed E-state index contributed by atoms with van der Waals surface area (Å²) in [5.74, 6) is 3.56. The molecule has 1 heterocycles. The molecule has 0 aliphatic carbocycles. The van der Waals surface area contributed by atoms with E-state index in [9.17, 15) is 0 Å². The highest BCUT2D eigenvalue weighted by atomic mass is 15.0. The van der Waals surface area contributed by atoms with Crippen molar-refractivity contribution < 1.29 is 0 Å². The fourth-order valence-corrected chi connectivity index (χ4v) is 1.11. The van der Waals surface area contributed by atoms with Gasteiger partial charge >= 0.3 is 0 Å². The summed E-state index contributed by atoms with van der Waals surface area (Å²) in [6, 6.07) is 0.246. The van der Waals surface area contributed by atoms with Gasteiger partial charge in [0.2, 0.25) is 0 Å². The third-order valence-corrected chi connectivity index (χ3v) is 1.78. The monoisotopic (exact) mass is 163 g/mol. The van der Waals surface area contributed by atoms with Gasteiger partial charge in [-0.2, -0.15) is 0 Å². The molecule has 12 heavy (non-hydrogen) atoms. The Labute approximate surface area is 72.6 Å². The van der Waals surface area contributed by atoms with Crippen LogP contribution in [0.2, 0.25) is 0 Å². The lowest BCUT2D eigenvalue weighted by atomic mass is 10.1. The van der Waals surface area contributed by atoms with Crippen LogP contribution < -0.4 is 5.32 Å². The van der Waals surface area contributed by atoms with E-state index in [1.165, 1.54) is 0 Å². The molecule has 1 atom stereocenters. The summed E-state index contributed by atoms with van der Waals surface area (Å²) < 4.78 is 0. The van der Waals surface area contributed by atoms with Crippen LogP contribution in [0.15, 0.2) is 12.4 Å². The Hall–Kier alpha value is -1.27. The molecular weight excluding hydrogens is 150 g/mol. The summed E-state index contributed by atoms with van der Waals surface area (Å²) in [5, 5.41) is 3.15. The molecule has 0 amide bonds. The lowest BCUT2D eigenvalue weighted by molar-refractivity contribution is 0.533. The topological polar surface area (TPSA) is 40.7 Å². The van der Waals surface area contributed by atoms with Gasteiger partial charge in [0, 0.05) is 18.8 Å². The maximum Gasteiger partial charge on any atom is 0.123 e. The molecule has 0 radical (unpaired) electrons. The molecule has 0 bridgehead atoms. The number of nitrogens with zero attached hydrogens (tertiary/aromatic N) is 1. The third kappa shape index (κ3) is 2.11. The van der Waals surface area contributed by atoms with Crippen molar-refractivity contribution in [3.63, 3.8) is 0 Å². The molecule has 2 N–H and O–H groups in total. The molecule has 3 nitrogen and oxygen atoms in total. The van der Waals surface area contributed by atoms with Gasteiger partial charge in [-0.1, -0.05) is 0 Å². The average Bonchev–Trinajstić information content (AvgIpc) is 2.59. The molecule has 0 aromatic carbocycles. The predicted molar refractivity (Wildman–Crippen MR) is 48.5 cm³/mol. The molecule has 0 fully saturated rings. The fourth-order valence-electron chi connectivity index (χ4n) is 1.11. The van der Waals surface area contributed by atoms with Crippen LogP contribution in [0.1, 0.15) is 24.7 Å². The second kappa shape index (κ2) is 4.58. The summed E-state index contributed by atoms with van der Waals surface area (Å²) in [7, 11) is 1.91. The largest absolute Gasteiger partial charge is 0.347 e. The van der Waals surface area contributed by atoms with E-state index in [-0.39, 0.29) is 6.04 Å². The standard InChI is InChI=1S/C9H13N3/c1-3-4-5-8(10-2)9-11-6-7-12-9/h1,6-8,10H,4-5H2,2H3,(H,11,12). The van der Waals surface area contributed by atoms with Crippen LogP contribution in [0.5, 0.6) is 0 Å². The minimum absolute atomic E-state index is 0.246. The molecule has 1 unspecified atom stereocenters. The number of imidazole rings is 1. The first-order chi connectivity index (χ1) is 5.88. The van der Waals surface area contributed by atoms with Crippen molar-refractivity contribution in [2.45, 2.75) is 18.9 Å². The number of aromatic nitrogens is 2. The molecule has 0 aliphatic rings. The van der Waals surface area contributed by atoms with E-state index in [2.05, 4.69) is 21.2 Å². The summed E-state index contributed by atoms with van der Waals surface area (Å²) in [5.41, 5.74) is 0. The van der Waals surface area contributed by atoms with Crippen molar-refractivity contribution in [2.24, 2.45) is 0 Å². The van der Waals surface area contributed by atoms with Crippen LogP contribution in [0, 0.1) is 12.3 Å². The lowest BCUT2D eigenvalue weighted by Crippen LogP contribution is -2.17. The number of aromatic amines is 1. The van der Waals surface area contributed by atoms with Crippen LogP contribution >= 0.6 is 0 Å². The van der Waals surface area contributed by atoms with E-state index in [4.69, 9.17) is 6.42 Å². The lowest BCUT2D eigenvalue weighted by Gasteiger charge is -2.10. The predicted octanol–water partition coefficient (Wildman–Crippen LogP) is 1.08. The quantitative estimate of drug-likeness (QED) is 0.652. The van der Waals surface area contributed by atoms with Crippen LogP contribution in [0.3, 0.4) is 0 Å². The smallest absolute Gasteiger partial charge is 0.123 e. The maximum absolute atomic E-state index is 5.18. The summed E-state index contributed by atoms with van der Waals surface area (Å²) in [6.45, 7) is 0. The summed E-state index contributed by atoms with van der Waals surface area (Å²) in [6.07, 6.45) is 10.4. The maximum atomic E-state index is 5.18. The van der Waals surface area contributed by atoms with Crippen LogP contribution in [-0.2, 0) is 0 Å². The van der Waals surface area contributed by atoms with Crippen LogP contribution in [0.4, 0.5) is 0 Å². The van der Waals surface area contributed by atoms with Crippen molar-refractivity contribution in [2.75, 3.05) is 7.05 Å². The molecule has 1 aromatic rings. The van der Waals surface area contributed by atoms with E-state index in [1.807, 2.05) is 13.2 Å². The average molecular weight is 163 g/mol. The molecule has 0 aliphatic heterocycles. The second-order valence-electron chi connectivity index (χ2n) is 2.56. The van der Waals surface area contributed by atoms with E-state index >= 15 is 0 Å². The zero-order valence-electron chi connectivity index (χ0n) is 7.17. The number of hydrogen-bond acceptors (Lipinski definition) is 2. The van der Waals surface area contributed by atoms with Crippen LogP contribution in [-0.4, -0.2) is 17.0 Å².